The molecule has 2 heterocycles. The summed E-state index contributed by atoms with van der Waals surface area (Å²) in [5.41, 5.74) is 8.68. The molecule has 0 saturated carbocycles. The van der Waals surface area contributed by atoms with Crippen LogP contribution in [0.3, 0.4) is 0 Å². The lowest BCUT2D eigenvalue weighted by molar-refractivity contribution is 0.102. The highest BCUT2D eigenvalue weighted by Crippen LogP contribution is 2.27. The van der Waals surface area contributed by atoms with Crippen molar-refractivity contribution in [1.29, 1.82) is 0 Å². The molecule has 0 bridgehead atoms. The number of anilines is 2. The number of nitrogens with zero attached hydrogens (tertiary/aromatic N) is 3. The van der Waals surface area contributed by atoms with Gasteiger partial charge >= 0.3 is 0 Å². The van der Waals surface area contributed by atoms with Gasteiger partial charge in [-0.3, -0.25) is 9.78 Å². The van der Waals surface area contributed by atoms with Crippen LogP contribution >= 0.6 is 0 Å². The Bertz CT molecular complexity index is 1250. The smallest absolute Gasteiger partial charge is 0.256 e. The van der Waals surface area contributed by atoms with E-state index < -0.39 is 10.0 Å². The van der Waals surface area contributed by atoms with Crippen molar-refractivity contribution in [2.45, 2.75) is 11.8 Å². The van der Waals surface area contributed by atoms with E-state index in [9.17, 15) is 13.2 Å². The van der Waals surface area contributed by atoms with Crippen molar-refractivity contribution in [3.63, 3.8) is 0 Å². The van der Waals surface area contributed by atoms with Gasteiger partial charge in [0.2, 0.25) is 10.0 Å². The standard InChI is InChI=1S/C22H25N5O3S/c1-15-12-16-4-3-7-24-21(16)14-18(15)22(28)25-20-6-5-17(13-19(20)23)31(29,30)27-10-8-26(2)9-11-27/h3-7,12-14H,8-11,23H2,1-2H3,(H,25,28). The first-order valence-electron chi connectivity index (χ1n) is 10.0. The van der Waals surface area contributed by atoms with Crippen LogP contribution in [0.15, 0.2) is 53.6 Å². The summed E-state index contributed by atoms with van der Waals surface area (Å²) in [4.78, 5) is 19.4. The Labute approximate surface area is 181 Å². The monoisotopic (exact) mass is 439 g/mol. The van der Waals surface area contributed by atoms with Gasteiger partial charge in [0.1, 0.15) is 0 Å². The van der Waals surface area contributed by atoms with Crippen molar-refractivity contribution in [1.82, 2.24) is 14.2 Å². The number of hydrogen-bond acceptors (Lipinski definition) is 6. The van der Waals surface area contributed by atoms with Gasteiger partial charge in [0.25, 0.3) is 5.91 Å². The molecule has 1 saturated heterocycles. The second-order valence-electron chi connectivity index (χ2n) is 7.77. The average molecular weight is 440 g/mol. The zero-order chi connectivity index (χ0) is 22.2. The van der Waals surface area contributed by atoms with E-state index in [2.05, 4.69) is 15.2 Å². The summed E-state index contributed by atoms with van der Waals surface area (Å²) < 4.78 is 27.3. The number of pyridine rings is 1. The topological polar surface area (TPSA) is 109 Å². The third-order valence-corrected chi connectivity index (χ3v) is 7.46. The molecular formula is C22H25N5O3S. The predicted octanol–water partition coefficient (Wildman–Crippen LogP) is 2.31. The molecule has 162 valence electrons. The number of piperazine rings is 1. The van der Waals surface area contributed by atoms with E-state index in [4.69, 9.17) is 5.73 Å². The van der Waals surface area contributed by atoms with Gasteiger partial charge in [-0.2, -0.15) is 4.31 Å². The van der Waals surface area contributed by atoms with E-state index >= 15 is 0 Å². The summed E-state index contributed by atoms with van der Waals surface area (Å²) in [6.45, 7) is 4.10. The second-order valence-corrected chi connectivity index (χ2v) is 9.71. The van der Waals surface area contributed by atoms with Crippen molar-refractivity contribution in [2.24, 2.45) is 0 Å². The van der Waals surface area contributed by atoms with Crippen molar-refractivity contribution >= 4 is 38.2 Å². The highest BCUT2D eigenvalue weighted by molar-refractivity contribution is 7.89. The number of nitrogens with one attached hydrogen (secondary N) is 1. The van der Waals surface area contributed by atoms with Gasteiger partial charge in [-0.25, -0.2) is 8.42 Å². The lowest BCUT2D eigenvalue weighted by Crippen LogP contribution is -2.47. The number of carbonyl (C=O) groups excluding carboxylic acids is 1. The van der Waals surface area contributed by atoms with Crippen LogP contribution in [0.25, 0.3) is 10.9 Å². The summed E-state index contributed by atoms with van der Waals surface area (Å²) in [5, 5.41) is 3.74. The molecular weight excluding hydrogens is 414 g/mol. The number of nitrogens with two attached hydrogens (primary N) is 1. The lowest BCUT2D eigenvalue weighted by Gasteiger charge is -2.31. The summed E-state index contributed by atoms with van der Waals surface area (Å²) in [6.07, 6.45) is 1.68. The number of fused-ring (bicyclic) bond motifs is 1. The molecule has 0 unspecified atom stereocenters. The van der Waals surface area contributed by atoms with Gasteiger partial charge in [-0.05, 0) is 55.9 Å². The Kier molecular flexibility index (Phi) is 5.65. The molecule has 1 aliphatic rings. The molecule has 1 aliphatic heterocycles. The summed E-state index contributed by atoms with van der Waals surface area (Å²) in [7, 11) is -1.67. The molecule has 3 aromatic rings. The first kappa shape index (κ1) is 21.2. The van der Waals surface area contributed by atoms with E-state index in [0.29, 0.717) is 37.4 Å². The van der Waals surface area contributed by atoms with Gasteiger partial charge in [-0.1, -0.05) is 6.07 Å². The largest absolute Gasteiger partial charge is 0.397 e. The molecule has 0 radical (unpaired) electrons. The minimum atomic E-state index is -3.63. The Morgan fingerprint density at radius 3 is 2.55 bits per heavy atom. The van der Waals surface area contributed by atoms with Gasteiger partial charge in [0, 0.05) is 43.3 Å². The van der Waals surface area contributed by atoms with Crippen LogP contribution < -0.4 is 11.1 Å². The molecule has 0 spiro atoms. The van der Waals surface area contributed by atoms with Gasteiger partial charge in [0.15, 0.2) is 0 Å². The quantitative estimate of drug-likeness (QED) is 0.604. The van der Waals surface area contributed by atoms with Crippen molar-refractivity contribution in [3.05, 3.63) is 59.8 Å². The Morgan fingerprint density at radius 1 is 1.10 bits per heavy atom. The third-order valence-electron chi connectivity index (χ3n) is 5.57. The molecule has 0 aliphatic carbocycles. The molecule has 3 N–H and O–H groups in total. The van der Waals surface area contributed by atoms with E-state index in [1.807, 2.05) is 32.2 Å². The number of benzene rings is 2. The second kappa shape index (κ2) is 8.26. The minimum Gasteiger partial charge on any atom is -0.397 e. The van der Waals surface area contributed by atoms with Gasteiger partial charge in [-0.15, -0.1) is 0 Å². The highest BCUT2D eigenvalue weighted by Gasteiger charge is 2.28. The van der Waals surface area contributed by atoms with E-state index in [-0.39, 0.29) is 16.5 Å². The van der Waals surface area contributed by atoms with E-state index in [1.54, 1.807) is 12.3 Å². The van der Waals surface area contributed by atoms with Crippen LogP contribution in [0, 0.1) is 6.92 Å². The molecule has 4 rings (SSSR count). The van der Waals surface area contributed by atoms with Crippen molar-refractivity contribution in [2.75, 3.05) is 44.3 Å². The van der Waals surface area contributed by atoms with E-state index in [1.165, 1.54) is 22.5 Å². The number of rotatable bonds is 4. The van der Waals surface area contributed by atoms with Crippen LogP contribution in [0.4, 0.5) is 11.4 Å². The predicted molar refractivity (Wildman–Crippen MR) is 122 cm³/mol. The van der Waals surface area contributed by atoms with Gasteiger partial charge < -0.3 is 16.0 Å². The molecule has 1 amide bonds. The Morgan fingerprint density at radius 2 is 1.84 bits per heavy atom. The average Bonchev–Trinajstić information content (AvgIpc) is 2.74. The van der Waals surface area contributed by atoms with Crippen molar-refractivity contribution in [3.8, 4) is 0 Å². The maximum absolute atomic E-state index is 12.9. The summed E-state index contributed by atoms with van der Waals surface area (Å²) >= 11 is 0. The lowest BCUT2D eigenvalue weighted by atomic mass is 10.0. The zero-order valence-corrected chi connectivity index (χ0v) is 18.3. The molecule has 9 heteroatoms. The fourth-order valence-corrected chi connectivity index (χ4v) is 5.12. The summed E-state index contributed by atoms with van der Waals surface area (Å²) in [5.74, 6) is -0.327. The SMILES string of the molecule is Cc1cc2cccnc2cc1C(=O)Nc1ccc(S(=O)(=O)N2CCN(C)CC2)cc1N. The van der Waals surface area contributed by atoms with Gasteiger partial charge in [0.05, 0.1) is 21.8 Å². The molecule has 2 aromatic carbocycles. The molecule has 31 heavy (non-hydrogen) atoms. The number of sulfonamides is 1. The Balaban J connectivity index is 1.56. The fourth-order valence-electron chi connectivity index (χ4n) is 3.66. The molecule has 1 fully saturated rings. The van der Waals surface area contributed by atoms with Crippen LogP contribution in [-0.4, -0.2) is 61.7 Å². The molecule has 1 aromatic heterocycles. The number of nitrogen functional groups attached to an aromatic ring is 1. The van der Waals surface area contributed by atoms with E-state index in [0.717, 1.165) is 16.5 Å². The number of amides is 1. The van der Waals surface area contributed by atoms with Crippen LogP contribution in [0.1, 0.15) is 15.9 Å². The van der Waals surface area contributed by atoms with Crippen LogP contribution in [-0.2, 0) is 10.0 Å². The minimum absolute atomic E-state index is 0.124. The Hall–Kier alpha value is -3.01. The number of likely N-dealkylation sites (N-methyl/N-ethyl adjacent to an activating group) is 1. The number of carbonyl (C=O) groups is 1. The van der Waals surface area contributed by atoms with Crippen LogP contribution in [0.5, 0.6) is 0 Å². The normalized spacial score (nSPS) is 15.8. The fraction of sp³-hybridized carbons (Fsp3) is 0.273. The molecule has 0 atom stereocenters. The van der Waals surface area contributed by atoms with Crippen molar-refractivity contribution < 1.29 is 13.2 Å². The first-order valence-corrected chi connectivity index (χ1v) is 11.4. The maximum atomic E-state index is 12.9. The summed E-state index contributed by atoms with van der Waals surface area (Å²) in [6, 6.07) is 11.8. The maximum Gasteiger partial charge on any atom is 0.256 e. The highest BCUT2D eigenvalue weighted by atomic mass is 32.2. The zero-order valence-electron chi connectivity index (χ0n) is 17.5. The number of hydrogen-bond donors (Lipinski definition) is 2. The third kappa shape index (κ3) is 4.25. The molecule has 8 nitrogen and oxygen atoms in total. The van der Waals surface area contributed by atoms with Crippen LogP contribution in [0.2, 0.25) is 0 Å². The first-order chi connectivity index (χ1) is 14.8. The number of aryl methyl sites for hydroxylation is 1. The number of aromatic nitrogens is 1.